The molecule has 0 spiro atoms. The number of anilines is 1. The van der Waals surface area contributed by atoms with Crippen molar-refractivity contribution in [2.75, 3.05) is 12.4 Å². The molecule has 0 aliphatic rings. The van der Waals surface area contributed by atoms with Crippen LogP contribution in [-0.2, 0) is 14.9 Å². The van der Waals surface area contributed by atoms with Crippen LogP contribution in [0.25, 0.3) is 6.08 Å². The van der Waals surface area contributed by atoms with E-state index >= 15 is 0 Å². The molecule has 1 aromatic carbocycles. The van der Waals surface area contributed by atoms with Crippen molar-refractivity contribution in [3.05, 3.63) is 57.5 Å². The van der Waals surface area contributed by atoms with Crippen molar-refractivity contribution in [3.63, 3.8) is 0 Å². The van der Waals surface area contributed by atoms with Gasteiger partial charge >= 0.3 is 5.97 Å². The summed E-state index contributed by atoms with van der Waals surface area (Å²) in [5, 5.41) is 12.3. The molecule has 0 saturated heterocycles. The van der Waals surface area contributed by atoms with Gasteiger partial charge in [-0.3, -0.25) is 4.79 Å². The van der Waals surface area contributed by atoms with Crippen molar-refractivity contribution in [2.45, 2.75) is 33.1 Å². The number of carbonyl (C=O) groups is 2. The van der Waals surface area contributed by atoms with Crippen LogP contribution in [0.5, 0.6) is 0 Å². The van der Waals surface area contributed by atoms with Gasteiger partial charge in [-0.1, -0.05) is 45.0 Å². The Morgan fingerprint density at radius 1 is 1.22 bits per heavy atom. The lowest BCUT2D eigenvalue weighted by Gasteiger charge is -2.18. The Balaban J connectivity index is 2.15. The molecule has 0 aliphatic heterocycles. The fraction of sp³-hybridized carbons (Fsp3) is 0.286. The topological polar surface area (TPSA) is 79.2 Å². The van der Waals surface area contributed by atoms with Crippen LogP contribution >= 0.6 is 11.3 Å². The fourth-order valence-corrected chi connectivity index (χ4v) is 3.52. The van der Waals surface area contributed by atoms with Gasteiger partial charge in [0, 0.05) is 6.08 Å². The van der Waals surface area contributed by atoms with E-state index in [1.807, 2.05) is 30.3 Å². The predicted octanol–water partition coefficient (Wildman–Crippen LogP) is 4.66. The van der Waals surface area contributed by atoms with Crippen molar-refractivity contribution < 1.29 is 14.3 Å². The zero-order valence-corrected chi connectivity index (χ0v) is 16.9. The SMILES string of the molecule is COC(=O)c1sc(NC(=O)/C=C/c2ccc(C(C)(C)C)cc2)c(C#N)c1C. The quantitative estimate of drug-likeness (QED) is 0.616. The summed E-state index contributed by atoms with van der Waals surface area (Å²) in [5.41, 5.74) is 2.97. The maximum atomic E-state index is 12.2. The summed E-state index contributed by atoms with van der Waals surface area (Å²) in [5.74, 6) is -0.895. The Bertz CT molecular complexity index is 926. The second-order valence-electron chi connectivity index (χ2n) is 7.06. The third-order valence-corrected chi connectivity index (χ3v) is 5.26. The molecule has 27 heavy (non-hydrogen) atoms. The number of hydrogen-bond acceptors (Lipinski definition) is 5. The number of nitrogens with zero attached hydrogens (tertiary/aromatic N) is 1. The average molecular weight is 382 g/mol. The van der Waals surface area contributed by atoms with E-state index in [0.29, 0.717) is 15.4 Å². The van der Waals surface area contributed by atoms with Crippen LogP contribution < -0.4 is 5.32 Å². The van der Waals surface area contributed by atoms with E-state index in [1.54, 1.807) is 13.0 Å². The number of benzene rings is 1. The summed E-state index contributed by atoms with van der Waals surface area (Å²) in [6.07, 6.45) is 3.11. The van der Waals surface area contributed by atoms with E-state index in [-0.39, 0.29) is 16.9 Å². The van der Waals surface area contributed by atoms with Gasteiger partial charge in [0.05, 0.1) is 12.7 Å². The van der Waals surface area contributed by atoms with Crippen LogP contribution in [0.1, 0.15) is 52.7 Å². The number of nitrogens with one attached hydrogen (secondary N) is 1. The van der Waals surface area contributed by atoms with Gasteiger partial charge in [-0.2, -0.15) is 5.26 Å². The molecule has 5 nitrogen and oxygen atoms in total. The van der Waals surface area contributed by atoms with Gasteiger partial charge in [-0.25, -0.2) is 4.79 Å². The van der Waals surface area contributed by atoms with Crippen molar-refractivity contribution >= 4 is 34.3 Å². The molecule has 0 aliphatic carbocycles. The van der Waals surface area contributed by atoms with E-state index < -0.39 is 5.97 Å². The van der Waals surface area contributed by atoms with Crippen LogP contribution in [-0.4, -0.2) is 19.0 Å². The number of ether oxygens (including phenoxy) is 1. The summed E-state index contributed by atoms with van der Waals surface area (Å²) < 4.78 is 4.71. The lowest BCUT2D eigenvalue weighted by molar-refractivity contribution is -0.111. The van der Waals surface area contributed by atoms with Crippen molar-refractivity contribution in [2.24, 2.45) is 0 Å². The van der Waals surface area contributed by atoms with Crippen LogP contribution in [0, 0.1) is 18.3 Å². The maximum Gasteiger partial charge on any atom is 0.348 e. The summed E-state index contributed by atoms with van der Waals surface area (Å²) in [6.45, 7) is 8.08. The van der Waals surface area contributed by atoms with E-state index in [1.165, 1.54) is 18.7 Å². The van der Waals surface area contributed by atoms with Crippen molar-refractivity contribution in [3.8, 4) is 6.07 Å². The summed E-state index contributed by atoms with van der Waals surface area (Å²) in [4.78, 5) is 24.3. The van der Waals surface area contributed by atoms with Crippen molar-refractivity contribution in [1.82, 2.24) is 0 Å². The molecule has 6 heteroatoms. The lowest BCUT2D eigenvalue weighted by atomic mass is 9.87. The molecule has 0 saturated carbocycles. The highest BCUT2D eigenvalue weighted by atomic mass is 32.1. The molecule has 0 unspecified atom stereocenters. The molecule has 2 aromatic rings. The second-order valence-corrected chi connectivity index (χ2v) is 8.08. The molecule has 0 fully saturated rings. The number of carbonyl (C=O) groups excluding carboxylic acids is 2. The largest absolute Gasteiger partial charge is 0.465 e. The number of methoxy groups -OCH3 is 1. The molecule has 0 bridgehead atoms. The number of hydrogen-bond donors (Lipinski definition) is 1. The molecular weight excluding hydrogens is 360 g/mol. The number of rotatable bonds is 4. The van der Waals surface area contributed by atoms with Gasteiger partial charge in [-0.05, 0) is 35.1 Å². The van der Waals surface area contributed by atoms with Crippen molar-refractivity contribution in [1.29, 1.82) is 5.26 Å². The molecule has 0 radical (unpaired) electrons. The van der Waals surface area contributed by atoms with Crippen LogP contribution in [0.2, 0.25) is 0 Å². The zero-order valence-electron chi connectivity index (χ0n) is 16.0. The molecule has 1 heterocycles. The second kappa shape index (κ2) is 8.19. The van der Waals surface area contributed by atoms with Crippen LogP contribution in [0.4, 0.5) is 5.00 Å². The first kappa shape index (κ1) is 20.4. The standard InChI is InChI=1S/C21H22N2O3S/c1-13-16(12-22)19(27-18(13)20(25)26-5)23-17(24)11-8-14-6-9-15(10-7-14)21(2,3)4/h6-11H,1-5H3,(H,23,24)/b11-8+. The monoisotopic (exact) mass is 382 g/mol. The van der Waals surface area contributed by atoms with E-state index in [2.05, 4.69) is 26.1 Å². The van der Waals surface area contributed by atoms with E-state index in [9.17, 15) is 14.9 Å². The minimum atomic E-state index is -0.524. The Labute approximate surface area is 163 Å². The molecule has 1 aromatic heterocycles. The van der Waals surface area contributed by atoms with E-state index in [4.69, 9.17) is 4.74 Å². The Morgan fingerprint density at radius 3 is 2.37 bits per heavy atom. The molecule has 0 atom stereocenters. The Kier molecular flexibility index (Phi) is 6.19. The number of thiophene rings is 1. The third kappa shape index (κ3) is 4.83. The Morgan fingerprint density at radius 2 is 1.85 bits per heavy atom. The molecule has 140 valence electrons. The maximum absolute atomic E-state index is 12.2. The van der Waals surface area contributed by atoms with Gasteiger partial charge in [-0.15, -0.1) is 11.3 Å². The summed E-state index contributed by atoms with van der Waals surface area (Å²) in [7, 11) is 1.28. The van der Waals surface area contributed by atoms with Crippen LogP contribution in [0.3, 0.4) is 0 Å². The third-order valence-electron chi connectivity index (χ3n) is 4.07. The van der Waals surface area contributed by atoms with Gasteiger partial charge in [0.1, 0.15) is 15.9 Å². The smallest absolute Gasteiger partial charge is 0.348 e. The first-order valence-corrected chi connectivity index (χ1v) is 9.20. The van der Waals surface area contributed by atoms with Gasteiger partial charge in [0.15, 0.2) is 0 Å². The fourth-order valence-electron chi connectivity index (χ4n) is 2.44. The highest BCUT2D eigenvalue weighted by molar-refractivity contribution is 7.18. The predicted molar refractivity (Wildman–Crippen MR) is 108 cm³/mol. The Hall–Kier alpha value is -2.91. The summed E-state index contributed by atoms with van der Waals surface area (Å²) >= 11 is 1.04. The minimum Gasteiger partial charge on any atom is -0.465 e. The number of esters is 1. The molecular formula is C21H22N2O3S. The van der Waals surface area contributed by atoms with E-state index in [0.717, 1.165) is 16.9 Å². The first-order chi connectivity index (χ1) is 12.7. The summed E-state index contributed by atoms with van der Waals surface area (Å²) in [6, 6.07) is 10.0. The van der Waals surface area contributed by atoms with Gasteiger partial charge in [0.25, 0.3) is 0 Å². The minimum absolute atomic E-state index is 0.0711. The van der Waals surface area contributed by atoms with Gasteiger partial charge < -0.3 is 10.1 Å². The zero-order chi connectivity index (χ0) is 20.2. The van der Waals surface area contributed by atoms with Crippen LogP contribution in [0.15, 0.2) is 30.3 Å². The highest BCUT2D eigenvalue weighted by Gasteiger charge is 2.21. The number of amides is 1. The normalized spacial score (nSPS) is 11.3. The number of nitriles is 1. The molecule has 2 rings (SSSR count). The lowest BCUT2D eigenvalue weighted by Crippen LogP contribution is -2.10. The molecule has 1 N–H and O–H groups in total. The average Bonchev–Trinajstić information content (AvgIpc) is 2.94. The molecule has 1 amide bonds. The first-order valence-electron chi connectivity index (χ1n) is 8.38. The van der Waals surface area contributed by atoms with Gasteiger partial charge in [0.2, 0.25) is 5.91 Å². The highest BCUT2D eigenvalue weighted by Crippen LogP contribution is 2.33.